The number of thiophene rings is 1. The molecule has 3 unspecified atom stereocenters. The van der Waals surface area contributed by atoms with Crippen LogP contribution in [0.3, 0.4) is 0 Å². The molecule has 1 aromatic rings. The number of hydrogen-bond donors (Lipinski definition) is 1. The fraction of sp³-hybridized carbons (Fsp3) is 0.750. The third kappa shape index (κ3) is 12.0. The van der Waals surface area contributed by atoms with Crippen molar-refractivity contribution in [2.75, 3.05) is 19.8 Å². The summed E-state index contributed by atoms with van der Waals surface area (Å²) in [7, 11) is 0. The molecule has 1 aliphatic carbocycles. The Balaban J connectivity index is 1.34. The van der Waals surface area contributed by atoms with Crippen LogP contribution in [0.4, 0.5) is 0 Å². The van der Waals surface area contributed by atoms with Crippen molar-refractivity contribution in [3.8, 4) is 0 Å². The third-order valence-electron chi connectivity index (χ3n) is 9.45. The van der Waals surface area contributed by atoms with Crippen LogP contribution in [0.5, 0.6) is 0 Å². The minimum atomic E-state index is -0.752. The number of ether oxygens (including phenoxy) is 6. The Morgan fingerprint density at radius 1 is 0.935 bits per heavy atom. The average Bonchev–Trinajstić information content (AvgIpc) is 3.63. The molecule has 0 spiro atoms. The van der Waals surface area contributed by atoms with Gasteiger partial charge in [-0.05, 0) is 108 Å². The Bertz CT molecular complexity index is 1080. The molecule has 4 aliphatic rings. The molecule has 258 valence electrons. The molecule has 0 amide bonds. The van der Waals surface area contributed by atoms with E-state index in [1.54, 1.807) is 11.3 Å². The third-order valence-corrected chi connectivity index (χ3v) is 10.7. The van der Waals surface area contributed by atoms with Gasteiger partial charge in [-0.3, -0.25) is 4.79 Å². The van der Waals surface area contributed by atoms with E-state index >= 15 is 0 Å². The summed E-state index contributed by atoms with van der Waals surface area (Å²) in [5, 5.41) is 9.04. The predicted octanol–water partition coefficient (Wildman–Crippen LogP) is 8.46. The number of hydrogen-bond acceptors (Lipinski definition) is 8. The van der Waals surface area contributed by atoms with Crippen LogP contribution in [-0.4, -0.2) is 68.1 Å². The van der Waals surface area contributed by atoms with Crippen molar-refractivity contribution < 1.29 is 38.3 Å². The van der Waals surface area contributed by atoms with E-state index in [0.717, 1.165) is 114 Å². The minimum absolute atomic E-state index is 0.0238. The van der Waals surface area contributed by atoms with E-state index in [4.69, 9.17) is 45.1 Å². The van der Waals surface area contributed by atoms with Gasteiger partial charge in [0.1, 0.15) is 0 Å². The standard InChI is InChI=1S/C36H53ClO8S/c37-32-21-19-27(46-32)18-16-26(43-34-13-5-8-22-40-34)17-20-29-28(11-3-1-2-4-12-33(38)39)30(44-35-14-6-9-23-41-35)25-31(29)45-36-15-7-10-24-42-36/h1,3,17,19-21,26,28-31,34-36H,2,4-16,18,22-25H2,(H,38,39)/b3-1-,20-17+/t26-,28+,29+,30-,31+,34?,35?,36?/m0/s1. The van der Waals surface area contributed by atoms with Gasteiger partial charge < -0.3 is 33.5 Å². The molecule has 8 atom stereocenters. The van der Waals surface area contributed by atoms with E-state index in [0.29, 0.717) is 6.42 Å². The Kier molecular flexibility index (Phi) is 15.4. The molecular weight excluding hydrogens is 628 g/mol. The Morgan fingerprint density at radius 3 is 2.22 bits per heavy atom. The van der Waals surface area contributed by atoms with Crippen molar-refractivity contribution in [1.82, 2.24) is 0 Å². The summed E-state index contributed by atoms with van der Waals surface area (Å²) in [6.07, 6.45) is 22.3. The van der Waals surface area contributed by atoms with Gasteiger partial charge in [-0.2, -0.15) is 0 Å². The number of unbranched alkanes of at least 4 members (excludes halogenated alkanes) is 1. The summed E-state index contributed by atoms with van der Waals surface area (Å²) >= 11 is 7.86. The predicted molar refractivity (Wildman–Crippen MR) is 179 cm³/mol. The SMILES string of the molecule is O=C(O)CCC/C=C\C[C@@H]1[C@@H](/C=C/[C@H](CCc2ccc(Cl)s2)OC2CCCCO2)[C@H](OC2CCCCO2)C[C@@H]1OC1CCCCO1. The first-order chi connectivity index (χ1) is 22.5. The first kappa shape index (κ1) is 36.0. The number of carbonyl (C=O) groups is 1. The molecule has 3 aliphatic heterocycles. The van der Waals surface area contributed by atoms with Crippen LogP contribution < -0.4 is 0 Å². The molecule has 0 aromatic carbocycles. The van der Waals surface area contributed by atoms with Crippen LogP contribution in [0.1, 0.15) is 101 Å². The van der Waals surface area contributed by atoms with Crippen LogP contribution in [0.2, 0.25) is 4.34 Å². The maximum Gasteiger partial charge on any atom is 0.303 e. The quantitative estimate of drug-likeness (QED) is 0.129. The molecule has 4 fully saturated rings. The Morgan fingerprint density at radius 2 is 1.61 bits per heavy atom. The fourth-order valence-corrected chi connectivity index (χ4v) is 8.08. The summed E-state index contributed by atoms with van der Waals surface area (Å²) in [4.78, 5) is 12.2. The maximum absolute atomic E-state index is 11.0. The van der Waals surface area contributed by atoms with Crippen molar-refractivity contribution in [2.24, 2.45) is 11.8 Å². The van der Waals surface area contributed by atoms with Crippen LogP contribution in [0.25, 0.3) is 0 Å². The topological polar surface area (TPSA) is 92.7 Å². The molecule has 3 saturated heterocycles. The first-order valence-corrected chi connectivity index (χ1v) is 18.8. The van der Waals surface area contributed by atoms with Crippen molar-refractivity contribution in [3.63, 3.8) is 0 Å². The maximum atomic E-state index is 11.0. The van der Waals surface area contributed by atoms with Crippen LogP contribution >= 0.6 is 22.9 Å². The van der Waals surface area contributed by atoms with Gasteiger partial charge in [0.2, 0.25) is 0 Å². The second-order valence-corrected chi connectivity index (χ2v) is 14.8. The second kappa shape index (κ2) is 19.6. The van der Waals surface area contributed by atoms with E-state index in [2.05, 4.69) is 30.4 Å². The van der Waals surface area contributed by atoms with E-state index < -0.39 is 5.97 Å². The van der Waals surface area contributed by atoms with Gasteiger partial charge >= 0.3 is 5.97 Å². The molecule has 10 heteroatoms. The average molecular weight is 681 g/mol. The normalized spacial score (nSPS) is 31.5. The van der Waals surface area contributed by atoms with E-state index in [9.17, 15) is 4.79 Å². The summed E-state index contributed by atoms with van der Waals surface area (Å²) in [6, 6.07) is 4.06. The highest BCUT2D eigenvalue weighted by Crippen LogP contribution is 2.42. The molecule has 4 heterocycles. The molecule has 46 heavy (non-hydrogen) atoms. The van der Waals surface area contributed by atoms with Gasteiger partial charge in [-0.1, -0.05) is 35.9 Å². The van der Waals surface area contributed by atoms with Crippen molar-refractivity contribution >= 4 is 28.9 Å². The molecular formula is C36H53ClO8S. The van der Waals surface area contributed by atoms with Gasteiger partial charge in [0, 0.05) is 43.5 Å². The molecule has 8 nitrogen and oxygen atoms in total. The summed E-state index contributed by atoms with van der Waals surface area (Å²) in [5.74, 6) is -0.482. The Labute approximate surface area is 283 Å². The zero-order valence-corrected chi connectivity index (χ0v) is 28.7. The minimum Gasteiger partial charge on any atom is -0.481 e. The van der Waals surface area contributed by atoms with Gasteiger partial charge in [-0.25, -0.2) is 0 Å². The van der Waals surface area contributed by atoms with Gasteiger partial charge in [0.25, 0.3) is 0 Å². The lowest BCUT2D eigenvalue weighted by Gasteiger charge is -2.30. The van der Waals surface area contributed by atoms with Crippen LogP contribution in [0.15, 0.2) is 36.4 Å². The number of aryl methyl sites for hydroxylation is 1. The smallest absolute Gasteiger partial charge is 0.303 e. The van der Waals surface area contributed by atoms with Crippen LogP contribution in [-0.2, 0) is 39.6 Å². The fourth-order valence-electron chi connectivity index (χ4n) is 6.98. The molecule has 5 rings (SSSR count). The van der Waals surface area contributed by atoms with E-state index in [1.165, 1.54) is 4.88 Å². The second-order valence-electron chi connectivity index (χ2n) is 13.0. The van der Waals surface area contributed by atoms with Crippen molar-refractivity contribution in [1.29, 1.82) is 0 Å². The number of carboxylic acids is 1. The lowest BCUT2D eigenvalue weighted by molar-refractivity contribution is -0.203. The first-order valence-electron chi connectivity index (χ1n) is 17.6. The largest absolute Gasteiger partial charge is 0.481 e. The van der Waals surface area contributed by atoms with Crippen molar-refractivity contribution in [3.05, 3.63) is 45.7 Å². The number of carboxylic acid groups (broad SMARTS) is 1. The Hall–Kier alpha value is -1.30. The zero-order chi connectivity index (χ0) is 32.0. The van der Waals surface area contributed by atoms with Crippen molar-refractivity contribution in [2.45, 2.75) is 140 Å². The van der Waals surface area contributed by atoms with Crippen LogP contribution in [0, 0.1) is 11.8 Å². The number of rotatable bonds is 17. The van der Waals surface area contributed by atoms with Gasteiger partial charge in [0.15, 0.2) is 18.9 Å². The zero-order valence-electron chi connectivity index (χ0n) is 27.1. The summed E-state index contributed by atoms with van der Waals surface area (Å²) in [5.41, 5.74) is 0. The van der Waals surface area contributed by atoms with Gasteiger partial charge in [-0.15, -0.1) is 11.3 Å². The lowest BCUT2D eigenvalue weighted by atomic mass is 9.89. The highest BCUT2D eigenvalue weighted by Gasteiger charge is 2.45. The summed E-state index contributed by atoms with van der Waals surface area (Å²) < 4.78 is 38.9. The summed E-state index contributed by atoms with van der Waals surface area (Å²) in [6.45, 7) is 2.22. The van der Waals surface area contributed by atoms with Gasteiger partial charge in [0.05, 0.1) is 22.6 Å². The van der Waals surface area contributed by atoms with E-state index in [1.807, 2.05) is 6.07 Å². The monoisotopic (exact) mass is 680 g/mol. The molecule has 1 saturated carbocycles. The highest BCUT2D eigenvalue weighted by atomic mass is 35.5. The molecule has 0 radical (unpaired) electrons. The molecule has 1 N–H and O–H groups in total. The molecule has 1 aromatic heterocycles. The number of allylic oxidation sites excluding steroid dienone is 2. The van der Waals surface area contributed by atoms with E-state index in [-0.39, 0.29) is 55.4 Å². The molecule has 0 bridgehead atoms. The number of halogens is 1. The highest BCUT2D eigenvalue weighted by molar-refractivity contribution is 7.16. The number of aliphatic carboxylic acids is 1. The lowest BCUT2D eigenvalue weighted by Crippen LogP contribution is -2.31.